The molecule has 1 aromatic carbocycles. The maximum Gasteiger partial charge on any atom is 0.573 e. The minimum Gasteiger partial charge on any atom is -0.406 e. The molecule has 0 saturated carbocycles. The van der Waals surface area contributed by atoms with Crippen LogP contribution in [-0.4, -0.2) is 41.4 Å². The van der Waals surface area contributed by atoms with E-state index in [1.807, 2.05) is 13.8 Å². The first-order valence-electron chi connectivity index (χ1n) is 7.66. The molecule has 0 aliphatic rings. The van der Waals surface area contributed by atoms with Crippen molar-refractivity contribution in [1.29, 1.82) is 0 Å². The van der Waals surface area contributed by atoms with E-state index < -0.39 is 16.7 Å². The second-order valence-corrected chi connectivity index (χ2v) is 7.47. The van der Waals surface area contributed by atoms with Crippen LogP contribution in [0.3, 0.4) is 0 Å². The zero-order valence-corrected chi connectivity index (χ0v) is 15.8. The second kappa shape index (κ2) is 9.10. The quantitative estimate of drug-likeness (QED) is 0.328. The number of aliphatic hydroxyl groups is 1. The van der Waals surface area contributed by atoms with E-state index in [0.29, 0.717) is 4.90 Å². The van der Waals surface area contributed by atoms with Gasteiger partial charge >= 0.3 is 6.36 Å². The minimum atomic E-state index is -4.73. The van der Waals surface area contributed by atoms with Gasteiger partial charge < -0.3 is 9.84 Å². The van der Waals surface area contributed by atoms with Crippen LogP contribution < -0.4 is 4.74 Å². The molecule has 0 aliphatic heterocycles. The van der Waals surface area contributed by atoms with Crippen LogP contribution in [0.5, 0.6) is 5.75 Å². The van der Waals surface area contributed by atoms with Crippen molar-refractivity contribution in [2.24, 2.45) is 9.98 Å². The molecule has 1 rings (SSSR count). The number of halogens is 3. The summed E-state index contributed by atoms with van der Waals surface area (Å²) in [5.41, 5.74) is -1.39. The van der Waals surface area contributed by atoms with Crippen LogP contribution in [0.25, 0.3) is 0 Å². The Morgan fingerprint density at radius 3 is 2.35 bits per heavy atom. The molecule has 1 unspecified atom stereocenters. The lowest BCUT2D eigenvalue weighted by Gasteiger charge is -2.37. The van der Waals surface area contributed by atoms with Crippen LogP contribution in [0, 0.1) is 11.8 Å². The van der Waals surface area contributed by atoms with Gasteiger partial charge in [-0.05, 0) is 45.0 Å². The molecule has 0 spiro atoms. The minimum absolute atomic E-state index is 0.176. The smallest absolute Gasteiger partial charge is 0.406 e. The van der Waals surface area contributed by atoms with Crippen LogP contribution in [0.1, 0.15) is 27.2 Å². The molecular weight excluding hydrogens is 365 g/mol. The van der Waals surface area contributed by atoms with E-state index in [2.05, 4.69) is 26.6 Å². The van der Waals surface area contributed by atoms with Crippen LogP contribution in [0.15, 0.2) is 39.1 Å². The summed E-state index contributed by atoms with van der Waals surface area (Å²) in [4.78, 5) is 8.35. The van der Waals surface area contributed by atoms with E-state index >= 15 is 0 Å². The van der Waals surface area contributed by atoms with E-state index in [-0.39, 0.29) is 12.2 Å². The van der Waals surface area contributed by atoms with Crippen molar-refractivity contribution in [2.45, 2.75) is 48.8 Å². The van der Waals surface area contributed by atoms with Crippen molar-refractivity contribution >= 4 is 24.3 Å². The summed E-state index contributed by atoms with van der Waals surface area (Å²) >= 11 is 1.30. The average molecular weight is 386 g/mol. The Labute approximate surface area is 155 Å². The number of benzene rings is 1. The molecule has 1 atom stereocenters. The van der Waals surface area contributed by atoms with Crippen LogP contribution in [-0.2, 0) is 0 Å². The Hall–Kier alpha value is -1.98. The fourth-order valence-electron chi connectivity index (χ4n) is 2.04. The molecule has 4 nitrogen and oxygen atoms in total. The molecule has 1 aromatic rings. The number of hydrogen-bond donors (Lipinski definition) is 1. The molecule has 26 heavy (non-hydrogen) atoms. The molecule has 0 aliphatic carbocycles. The molecule has 0 heterocycles. The summed E-state index contributed by atoms with van der Waals surface area (Å²) in [7, 11) is 1.58. The van der Waals surface area contributed by atoms with Crippen molar-refractivity contribution in [1.82, 2.24) is 0 Å². The van der Waals surface area contributed by atoms with Crippen LogP contribution in [0.2, 0.25) is 0 Å². The van der Waals surface area contributed by atoms with Gasteiger partial charge in [0.2, 0.25) is 0 Å². The first-order valence-corrected chi connectivity index (χ1v) is 8.48. The normalized spacial score (nSPS) is 14.9. The van der Waals surface area contributed by atoms with E-state index in [1.54, 1.807) is 14.0 Å². The summed E-state index contributed by atoms with van der Waals surface area (Å²) in [5, 5.41) is 11.0. The molecule has 0 saturated heterocycles. The van der Waals surface area contributed by atoms with Crippen molar-refractivity contribution in [3.8, 4) is 17.6 Å². The van der Waals surface area contributed by atoms with Crippen molar-refractivity contribution in [3.63, 3.8) is 0 Å². The first-order chi connectivity index (χ1) is 12.0. The number of hydrogen-bond acceptors (Lipinski definition) is 4. The Morgan fingerprint density at radius 2 is 1.85 bits per heavy atom. The number of thioether (sulfide) groups is 1. The van der Waals surface area contributed by atoms with Gasteiger partial charge in [-0.25, -0.2) is 4.99 Å². The number of ether oxygens (including phenoxy) is 1. The maximum atomic E-state index is 12.2. The Bertz CT molecular complexity index is 704. The summed E-state index contributed by atoms with van der Waals surface area (Å²) in [5.74, 6) is 5.24. The third-order valence-electron chi connectivity index (χ3n) is 3.43. The molecule has 0 aromatic heterocycles. The monoisotopic (exact) mass is 386 g/mol. The zero-order chi connectivity index (χ0) is 19.8. The predicted octanol–water partition coefficient (Wildman–Crippen LogP) is 4.33. The number of aliphatic imine (C=N–C) groups is 2. The molecule has 1 N–H and O–H groups in total. The topological polar surface area (TPSA) is 54.2 Å². The fourth-order valence-corrected chi connectivity index (χ4v) is 3.21. The lowest BCUT2D eigenvalue weighted by atomic mass is 9.87. The molecule has 0 fully saturated rings. The van der Waals surface area contributed by atoms with Gasteiger partial charge in [-0.1, -0.05) is 5.92 Å². The highest BCUT2D eigenvalue weighted by Gasteiger charge is 2.42. The predicted molar refractivity (Wildman–Crippen MR) is 99.0 cm³/mol. The summed E-state index contributed by atoms with van der Waals surface area (Å²) in [6.45, 7) is 5.24. The van der Waals surface area contributed by atoms with Gasteiger partial charge in [-0.2, -0.15) is 0 Å². The molecule has 0 amide bonds. The van der Waals surface area contributed by atoms with Crippen LogP contribution in [0.4, 0.5) is 13.2 Å². The van der Waals surface area contributed by atoms with Gasteiger partial charge in [-0.15, -0.1) is 30.9 Å². The van der Waals surface area contributed by atoms with Crippen LogP contribution >= 0.6 is 11.8 Å². The largest absolute Gasteiger partial charge is 0.573 e. The molecule has 0 radical (unpaired) electrons. The summed E-state index contributed by atoms with van der Waals surface area (Å²) in [6.07, 6.45) is -1.67. The fraction of sp³-hybridized carbons (Fsp3) is 0.444. The number of alkyl halides is 3. The maximum absolute atomic E-state index is 12.2. The van der Waals surface area contributed by atoms with Gasteiger partial charge in [0.15, 0.2) is 0 Å². The second-order valence-electron chi connectivity index (χ2n) is 5.78. The van der Waals surface area contributed by atoms with E-state index in [0.717, 1.165) is 0 Å². The summed E-state index contributed by atoms with van der Waals surface area (Å²) in [6, 6.07) is 5.47. The third kappa shape index (κ3) is 6.73. The van der Waals surface area contributed by atoms with E-state index in [1.165, 1.54) is 48.6 Å². The highest BCUT2D eigenvalue weighted by Crippen LogP contribution is 2.42. The number of rotatable bonds is 7. The molecule has 0 bridgehead atoms. The Kier molecular flexibility index (Phi) is 7.72. The van der Waals surface area contributed by atoms with Gasteiger partial charge in [0.1, 0.15) is 17.7 Å². The van der Waals surface area contributed by atoms with Crippen molar-refractivity contribution in [3.05, 3.63) is 24.3 Å². The van der Waals surface area contributed by atoms with E-state index in [4.69, 9.17) is 0 Å². The lowest BCUT2D eigenvalue weighted by Crippen LogP contribution is -2.47. The van der Waals surface area contributed by atoms with Gasteiger partial charge in [-0.3, -0.25) is 4.99 Å². The van der Waals surface area contributed by atoms with Gasteiger partial charge in [0.25, 0.3) is 0 Å². The van der Waals surface area contributed by atoms with Crippen molar-refractivity contribution in [2.75, 3.05) is 7.05 Å². The number of nitrogens with zero attached hydrogens (tertiary/aromatic N) is 2. The lowest BCUT2D eigenvalue weighted by molar-refractivity contribution is -0.274. The zero-order valence-electron chi connectivity index (χ0n) is 15.0. The Morgan fingerprint density at radius 1 is 1.23 bits per heavy atom. The first kappa shape index (κ1) is 22.1. The van der Waals surface area contributed by atoms with Gasteiger partial charge in [0.05, 0.1) is 4.75 Å². The third-order valence-corrected chi connectivity index (χ3v) is 4.79. The molecule has 142 valence electrons. The molecule has 8 heteroatoms. The molecular formula is C18H21F3N2O2S. The summed E-state index contributed by atoms with van der Waals surface area (Å²) < 4.78 is 39.8. The van der Waals surface area contributed by atoms with Gasteiger partial charge in [0, 0.05) is 24.6 Å². The van der Waals surface area contributed by atoms with Crippen molar-refractivity contribution < 1.29 is 23.0 Å². The highest BCUT2D eigenvalue weighted by atomic mass is 32.2. The average Bonchev–Trinajstić information content (AvgIpc) is 2.52. The highest BCUT2D eigenvalue weighted by molar-refractivity contribution is 8.00. The van der Waals surface area contributed by atoms with E-state index in [9.17, 15) is 18.3 Å². The Balaban J connectivity index is 2.97. The standard InChI is InChI=1S/C18H21F3N2O2S/c1-5-10-17(24,11-12-23-13-22-4)16(2,3)26-15-8-6-14(7-9-15)25-18(19,20)21/h6-9,12-13,24H,11H2,1-4H3/b22-13-,23-12-. The SMILES string of the molecule is CC#CC(O)(C/C=N\C=N/C)C(C)(C)Sc1ccc(OC(F)(F)F)cc1.